The van der Waals surface area contributed by atoms with E-state index >= 15 is 0 Å². The van der Waals surface area contributed by atoms with Crippen LogP contribution in [-0.2, 0) is 6.42 Å². The van der Waals surface area contributed by atoms with Gasteiger partial charge in [0.15, 0.2) is 0 Å². The van der Waals surface area contributed by atoms with Crippen LogP contribution in [-0.4, -0.2) is 40.2 Å². The number of hydrogen-bond donors (Lipinski definition) is 1. The van der Waals surface area contributed by atoms with Gasteiger partial charge in [0.1, 0.15) is 5.69 Å². The van der Waals surface area contributed by atoms with E-state index < -0.39 is 0 Å². The van der Waals surface area contributed by atoms with Crippen LogP contribution >= 0.6 is 0 Å². The summed E-state index contributed by atoms with van der Waals surface area (Å²) >= 11 is 0. The molecule has 0 aliphatic carbocycles. The summed E-state index contributed by atoms with van der Waals surface area (Å²) in [6.45, 7) is 4.52. The van der Waals surface area contributed by atoms with Gasteiger partial charge in [-0.15, -0.1) is 0 Å². The fraction of sp³-hybridized carbons (Fsp3) is 0.880. The topological polar surface area (TPSA) is 44.8 Å². The van der Waals surface area contributed by atoms with E-state index in [9.17, 15) is 0 Å². The van der Waals surface area contributed by atoms with Crippen LogP contribution in [0.2, 0.25) is 0 Å². The van der Waals surface area contributed by atoms with Crippen LogP contribution in [0.25, 0.3) is 22.4 Å². The molecule has 1 N–H and O–H groups in total. The molecule has 4 heteroatoms. The Bertz CT molecular complexity index is 2360. The third-order valence-electron chi connectivity index (χ3n) is 28.5. The first-order valence-electron chi connectivity index (χ1n) is 57.0. The number of unbranched alkanes of at least 4 members (excludes halogenated alkanes) is 97. The van der Waals surface area contributed by atoms with Crippen molar-refractivity contribution in [2.45, 2.75) is 643 Å². The molecule has 0 bridgehead atoms. The van der Waals surface area contributed by atoms with Gasteiger partial charge in [-0.25, -0.2) is 0 Å². The normalized spacial score (nSPS) is 11.8. The van der Waals surface area contributed by atoms with Crippen LogP contribution in [0.3, 0.4) is 0 Å². The minimum Gasteiger partial charge on any atom is -0.306 e. The molecular weight excluding hydrogens is 1460 g/mol. The largest absolute Gasteiger partial charge is 0.306 e. The van der Waals surface area contributed by atoms with Gasteiger partial charge in [0.05, 0.1) is 0 Å². The van der Waals surface area contributed by atoms with Crippen molar-refractivity contribution in [1.29, 1.82) is 0 Å². The quantitative estimate of drug-likeness (QED) is 0.0573. The number of pyridine rings is 1. The fourth-order valence-electron chi connectivity index (χ4n) is 20.0. The molecule has 0 unspecified atom stereocenters. The first-order chi connectivity index (χ1) is 60.3. The number of H-pyrrole nitrogens is 1. The molecule has 0 saturated carbocycles. The summed E-state index contributed by atoms with van der Waals surface area (Å²) in [5.41, 5.74) is 5.79. The molecule has 0 atom stereocenters. The van der Waals surface area contributed by atoms with Crippen molar-refractivity contribution in [2.75, 3.05) is 20.1 Å². The standard InChI is InChI=1S/C117H218N4/c1-3-4-5-6-7-8-9-10-11-12-13-14-15-16-17-18-19-20-21-22-23-24-25-26-27-28-29-30-31-32-33-34-35-36-37-38-39-40-41-42-43-44-45-46-47-48-49-50-51-52-53-54-55-56-57-58-59-60-61-62-63-64-65-66-67-68-69-70-71-72-73-74-75-76-77-78-79-80-81-82-83-84-85-86-87-88-89-90-91-92-93-94-95-96-97-98-99-103-111-121(2)112-108-115-116(113-106-109-118-110-107-113)117(120-119-115)114-104-101-100-102-105-114/h100-102,104-107,109-110H,3-99,103,108,111-112H2,1-2H3,(H,119,120). The van der Waals surface area contributed by atoms with E-state index in [1.807, 2.05) is 12.4 Å². The maximum Gasteiger partial charge on any atom is 0.100 e. The third kappa shape index (κ3) is 80.6. The second-order valence-corrected chi connectivity index (χ2v) is 40.4. The van der Waals surface area contributed by atoms with Crippen LogP contribution in [0.15, 0.2) is 54.9 Å². The molecule has 0 saturated heterocycles. The van der Waals surface area contributed by atoms with Crippen molar-refractivity contribution in [3.63, 3.8) is 0 Å². The van der Waals surface area contributed by atoms with Crippen molar-refractivity contribution >= 4 is 0 Å². The van der Waals surface area contributed by atoms with Gasteiger partial charge in [-0.3, -0.25) is 10.1 Å². The van der Waals surface area contributed by atoms with E-state index in [2.05, 4.69) is 71.4 Å². The highest BCUT2D eigenvalue weighted by Gasteiger charge is 2.18. The maximum atomic E-state index is 4.77. The summed E-state index contributed by atoms with van der Waals surface area (Å²) in [4.78, 5) is 6.75. The van der Waals surface area contributed by atoms with E-state index in [0.29, 0.717) is 0 Å². The lowest BCUT2D eigenvalue weighted by molar-refractivity contribution is 0.326. The Kier molecular flexibility index (Phi) is 90.0. The fourth-order valence-corrected chi connectivity index (χ4v) is 20.0. The van der Waals surface area contributed by atoms with E-state index in [0.717, 1.165) is 24.2 Å². The Morgan fingerprint density at radius 2 is 0.372 bits per heavy atom. The second kappa shape index (κ2) is 96.6. The second-order valence-electron chi connectivity index (χ2n) is 40.4. The van der Waals surface area contributed by atoms with Gasteiger partial charge in [0, 0.05) is 42.2 Å². The first kappa shape index (κ1) is 113. The zero-order chi connectivity index (χ0) is 85.4. The van der Waals surface area contributed by atoms with Crippen LogP contribution in [0, 0.1) is 0 Å². The SMILES string of the molecule is CCCCCCCCCCCCCCCCCCCCCCCCCCCCCCCCCCCCCCCCCCCCCCCCCCCCCCCCCCCCCCCCCCCCCCCCCCCCCCCCCCCCCCCCCCCCCCCCCCCCN(C)CCc1[nH]nc(-c2ccccc2)c1-c1ccncc1. The first-order valence-corrected chi connectivity index (χ1v) is 57.0. The van der Waals surface area contributed by atoms with E-state index in [1.165, 1.54) is 653 Å². The van der Waals surface area contributed by atoms with Crippen LogP contribution in [0.1, 0.15) is 642 Å². The number of likely N-dealkylation sites (N-methyl/N-ethyl adjacent to an activating group) is 1. The van der Waals surface area contributed by atoms with Gasteiger partial charge in [-0.2, -0.15) is 5.10 Å². The summed E-state index contributed by atoms with van der Waals surface area (Å²) in [7, 11) is 2.28. The smallest absolute Gasteiger partial charge is 0.100 e. The molecule has 0 fully saturated rings. The average molecular weight is 1680 g/mol. The van der Waals surface area contributed by atoms with E-state index in [1.54, 1.807) is 0 Å². The van der Waals surface area contributed by atoms with Crippen LogP contribution in [0.4, 0.5) is 0 Å². The highest BCUT2D eigenvalue weighted by molar-refractivity contribution is 5.82. The number of nitrogens with one attached hydrogen (secondary N) is 1. The summed E-state index contributed by atoms with van der Waals surface area (Å²) in [5, 5.41) is 8.16. The molecule has 3 rings (SSSR count). The minimum absolute atomic E-state index is 0.966. The average Bonchev–Trinajstić information content (AvgIpc) is 1.66. The summed E-state index contributed by atoms with van der Waals surface area (Å²) in [6, 6.07) is 14.7. The molecule has 706 valence electrons. The Morgan fingerprint density at radius 3 is 0.554 bits per heavy atom. The molecule has 2 aromatic heterocycles. The predicted molar refractivity (Wildman–Crippen MR) is 547 cm³/mol. The van der Waals surface area contributed by atoms with Gasteiger partial charge >= 0.3 is 0 Å². The lowest BCUT2D eigenvalue weighted by Crippen LogP contribution is -2.22. The molecule has 2 heterocycles. The minimum atomic E-state index is 0.966. The van der Waals surface area contributed by atoms with Crippen LogP contribution in [0.5, 0.6) is 0 Å². The Labute approximate surface area is 761 Å². The highest BCUT2D eigenvalue weighted by Crippen LogP contribution is 2.34. The molecule has 0 aliphatic heterocycles. The van der Waals surface area contributed by atoms with Crippen molar-refractivity contribution in [3.05, 3.63) is 60.6 Å². The summed E-state index contributed by atoms with van der Waals surface area (Å²) in [6.07, 6.45) is 150. The Morgan fingerprint density at radius 1 is 0.198 bits per heavy atom. The molecule has 3 aromatic rings. The predicted octanol–water partition coefficient (Wildman–Crippen LogP) is 41.9. The monoisotopic (exact) mass is 1680 g/mol. The molecular formula is C117H218N4. The van der Waals surface area contributed by atoms with E-state index in [-0.39, 0.29) is 0 Å². The Hall–Kier alpha value is -2.46. The number of benzene rings is 1. The van der Waals surface area contributed by atoms with Crippen molar-refractivity contribution in [1.82, 2.24) is 20.1 Å². The van der Waals surface area contributed by atoms with Gasteiger partial charge < -0.3 is 4.90 Å². The van der Waals surface area contributed by atoms with Crippen molar-refractivity contribution in [2.24, 2.45) is 0 Å². The molecule has 0 spiro atoms. The molecule has 1 aromatic carbocycles. The molecule has 4 nitrogen and oxygen atoms in total. The lowest BCUT2D eigenvalue weighted by Gasteiger charge is -2.16. The molecule has 0 amide bonds. The van der Waals surface area contributed by atoms with Crippen LogP contribution < -0.4 is 0 Å². The van der Waals surface area contributed by atoms with Gasteiger partial charge in [-0.1, -0.05) is 660 Å². The van der Waals surface area contributed by atoms with Crippen molar-refractivity contribution in [3.8, 4) is 22.4 Å². The number of rotatable bonds is 104. The number of aromatic amines is 1. The van der Waals surface area contributed by atoms with Gasteiger partial charge in [0.25, 0.3) is 0 Å². The molecule has 0 aliphatic rings. The molecule has 121 heavy (non-hydrogen) atoms. The number of hydrogen-bond acceptors (Lipinski definition) is 3. The number of aromatic nitrogens is 3. The summed E-state index contributed by atoms with van der Waals surface area (Å²) < 4.78 is 0. The maximum absolute atomic E-state index is 4.77. The zero-order valence-corrected chi connectivity index (χ0v) is 83.0. The van der Waals surface area contributed by atoms with E-state index in [4.69, 9.17) is 5.10 Å². The zero-order valence-electron chi connectivity index (χ0n) is 83.0. The lowest BCUT2D eigenvalue weighted by atomic mass is 9.98. The van der Waals surface area contributed by atoms with Gasteiger partial charge in [0.2, 0.25) is 0 Å². The highest BCUT2D eigenvalue weighted by atomic mass is 15.1. The Balaban J connectivity index is 0.840. The van der Waals surface area contributed by atoms with Gasteiger partial charge in [-0.05, 0) is 37.7 Å². The third-order valence-corrected chi connectivity index (χ3v) is 28.5. The summed E-state index contributed by atoms with van der Waals surface area (Å²) in [5.74, 6) is 0. The van der Waals surface area contributed by atoms with Crippen molar-refractivity contribution < 1.29 is 0 Å². The molecule has 0 radical (unpaired) electrons. The number of nitrogens with zero attached hydrogens (tertiary/aromatic N) is 3.